The highest BCUT2D eigenvalue weighted by atomic mass is 79.9. The van der Waals surface area contributed by atoms with Gasteiger partial charge in [-0.25, -0.2) is 8.42 Å². The van der Waals surface area contributed by atoms with E-state index in [9.17, 15) is 13.2 Å². The Morgan fingerprint density at radius 1 is 1.50 bits per heavy atom. The highest BCUT2D eigenvalue weighted by molar-refractivity contribution is 9.11. The van der Waals surface area contributed by atoms with Crippen LogP contribution in [-0.4, -0.2) is 37.8 Å². The summed E-state index contributed by atoms with van der Waals surface area (Å²) in [5.41, 5.74) is 0. The third kappa shape index (κ3) is 2.22. The molecule has 0 spiro atoms. The van der Waals surface area contributed by atoms with Crippen molar-refractivity contribution in [2.75, 3.05) is 13.1 Å². The van der Waals surface area contributed by atoms with Crippen LogP contribution in [0.1, 0.15) is 17.7 Å². The molecule has 3 rings (SSSR count). The zero-order chi connectivity index (χ0) is 14.5. The van der Waals surface area contributed by atoms with E-state index in [0.717, 1.165) is 21.5 Å². The van der Waals surface area contributed by atoms with Crippen LogP contribution in [0, 0.1) is 12.8 Å². The average Bonchev–Trinajstić information content (AvgIpc) is 2.93. The van der Waals surface area contributed by atoms with E-state index in [2.05, 4.69) is 21.2 Å². The average molecular weight is 379 g/mol. The van der Waals surface area contributed by atoms with Crippen LogP contribution in [0.5, 0.6) is 0 Å². The van der Waals surface area contributed by atoms with Gasteiger partial charge in [-0.3, -0.25) is 4.79 Å². The van der Waals surface area contributed by atoms with E-state index in [0.29, 0.717) is 18.0 Å². The van der Waals surface area contributed by atoms with Crippen molar-refractivity contribution in [1.82, 2.24) is 9.62 Å². The van der Waals surface area contributed by atoms with Crippen LogP contribution in [0.2, 0.25) is 0 Å². The lowest BCUT2D eigenvalue weighted by atomic mass is 9.93. The van der Waals surface area contributed by atoms with Gasteiger partial charge < -0.3 is 5.32 Å². The van der Waals surface area contributed by atoms with Gasteiger partial charge in [0.05, 0.1) is 20.6 Å². The van der Waals surface area contributed by atoms with Crippen LogP contribution in [0.25, 0.3) is 0 Å². The van der Waals surface area contributed by atoms with Crippen LogP contribution in [0.15, 0.2) is 14.7 Å². The van der Waals surface area contributed by atoms with E-state index in [-0.39, 0.29) is 17.9 Å². The van der Waals surface area contributed by atoms with Crippen LogP contribution in [-0.2, 0) is 14.8 Å². The number of piperidine rings is 1. The zero-order valence-electron chi connectivity index (χ0n) is 10.9. The second-order valence-corrected chi connectivity index (χ2v) is 9.64. The Balaban J connectivity index is 1.99. The van der Waals surface area contributed by atoms with E-state index in [1.54, 1.807) is 6.07 Å². The largest absolute Gasteiger partial charge is 0.354 e. The number of sulfonamides is 1. The smallest absolute Gasteiger partial charge is 0.244 e. The summed E-state index contributed by atoms with van der Waals surface area (Å²) in [5.74, 6) is -0.209. The van der Waals surface area contributed by atoms with E-state index >= 15 is 0 Å². The van der Waals surface area contributed by atoms with Gasteiger partial charge in [-0.15, -0.1) is 11.3 Å². The second kappa shape index (κ2) is 5.08. The summed E-state index contributed by atoms with van der Waals surface area (Å²) in [7, 11) is -3.53. The van der Waals surface area contributed by atoms with E-state index < -0.39 is 10.0 Å². The number of nitrogens with zero attached hydrogens (tertiary/aromatic N) is 1. The molecule has 8 heteroatoms. The molecule has 2 aliphatic heterocycles. The molecule has 2 saturated heterocycles. The molecule has 3 heterocycles. The van der Waals surface area contributed by atoms with Crippen LogP contribution >= 0.6 is 27.3 Å². The fourth-order valence-corrected chi connectivity index (χ4v) is 7.11. The van der Waals surface area contributed by atoms with Gasteiger partial charge in [-0.2, -0.15) is 4.31 Å². The first-order valence-electron chi connectivity index (χ1n) is 6.47. The molecule has 1 amide bonds. The number of thiophene rings is 1. The lowest BCUT2D eigenvalue weighted by Crippen LogP contribution is -2.48. The summed E-state index contributed by atoms with van der Waals surface area (Å²) in [6.45, 7) is 2.72. The summed E-state index contributed by atoms with van der Waals surface area (Å²) < 4.78 is 28.0. The molecule has 0 saturated carbocycles. The predicted octanol–water partition coefficient (Wildman–Crippen LogP) is 1.72. The summed E-state index contributed by atoms with van der Waals surface area (Å²) in [5, 5.41) is 2.78. The number of halogens is 1. The molecule has 2 atom stereocenters. The molecule has 0 bridgehead atoms. The van der Waals surface area contributed by atoms with Crippen molar-refractivity contribution in [2.24, 2.45) is 5.92 Å². The second-order valence-electron chi connectivity index (χ2n) is 5.15. The first-order chi connectivity index (χ1) is 9.41. The quantitative estimate of drug-likeness (QED) is 0.851. The molecule has 2 fully saturated rings. The molecule has 110 valence electrons. The molecule has 1 aromatic heterocycles. The minimum atomic E-state index is -3.53. The number of hydrogen-bond donors (Lipinski definition) is 1. The van der Waals surface area contributed by atoms with Crippen LogP contribution < -0.4 is 5.32 Å². The number of aryl methyl sites for hydroxylation is 1. The Hall–Kier alpha value is -0.440. The molecule has 2 unspecified atom stereocenters. The van der Waals surface area contributed by atoms with Crippen molar-refractivity contribution in [3.63, 3.8) is 0 Å². The lowest BCUT2D eigenvalue weighted by Gasteiger charge is -2.34. The first kappa shape index (κ1) is 14.5. The SMILES string of the molecule is Cc1sc(Br)cc1S(=O)(=O)N1CCCC2C(=O)NCC21. The third-order valence-electron chi connectivity index (χ3n) is 3.98. The van der Waals surface area contributed by atoms with E-state index in [4.69, 9.17) is 0 Å². The number of amides is 1. The number of carbonyl (C=O) groups excluding carboxylic acids is 1. The van der Waals surface area contributed by atoms with Gasteiger partial charge in [0, 0.05) is 18.0 Å². The van der Waals surface area contributed by atoms with Crippen molar-refractivity contribution in [1.29, 1.82) is 0 Å². The molecular weight excluding hydrogens is 364 g/mol. The maximum atomic E-state index is 12.8. The fourth-order valence-electron chi connectivity index (χ4n) is 3.02. The summed E-state index contributed by atoms with van der Waals surface area (Å²) in [4.78, 5) is 12.9. The summed E-state index contributed by atoms with van der Waals surface area (Å²) in [6.07, 6.45) is 1.51. The van der Waals surface area contributed by atoms with Gasteiger partial charge >= 0.3 is 0 Å². The van der Waals surface area contributed by atoms with Crippen molar-refractivity contribution >= 4 is 43.2 Å². The number of fused-ring (bicyclic) bond motifs is 1. The van der Waals surface area contributed by atoms with Crippen LogP contribution in [0.4, 0.5) is 0 Å². The molecule has 0 radical (unpaired) electrons. The third-order valence-corrected chi connectivity index (χ3v) is 7.71. The van der Waals surface area contributed by atoms with Gasteiger partial charge in [-0.1, -0.05) is 0 Å². The molecule has 2 aliphatic rings. The number of nitrogens with one attached hydrogen (secondary N) is 1. The number of rotatable bonds is 2. The Labute approximate surface area is 130 Å². The Morgan fingerprint density at radius 2 is 2.25 bits per heavy atom. The van der Waals surface area contributed by atoms with Gasteiger partial charge in [0.15, 0.2) is 0 Å². The van der Waals surface area contributed by atoms with Crippen molar-refractivity contribution in [3.8, 4) is 0 Å². The Kier molecular flexibility index (Phi) is 3.68. The van der Waals surface area contributed by atoms with Gasteiger partial charge in [0.2, 0.25) is 15.9 Å². The van der Waals surface area contributed by atoms with Crippen LogP contribution in [0.3, 0.4) is 0 Å². The molecule has 20 heavy (non-hydrogen) atoms. The number of hydrogen-bond acceptors (Lipinski definition) is 4. The Bertz CT molecular complexity index is 656. The normalized spacial score (nSPS) is 27.4. The highest BCUT2D eigenvalue weighted by Crippen LogP contribution is 2.36. The monoisotopic (exact) mass is 378 g/mol. The minimum absolute atomic E-state index is 0.0156. The molecule has 5 nitrogen and oxygen atoms in total. The summed E-state index contributed by atoms with van der Waals surface area (Å²) in [6, 6.07) is 1.42. The topological polar surface area (TPSA) is 66.5 Å². The first-order valence-corrected chi connectivity index (χ1v) is 9.51. The Morgan fingerprint density at radius 3 is 2.90 bits per heavy atom. The predicted molar refractivity (Wildman–Crippen MR) is 80.2 cm³/mol. The molecule has 1 N–H and O–H groups in total. The van der Waals surface area contributed by atoms with Crippen molar-refractivity contribution < 1.29 is 13.2 Å². The highest BCUT2D eigenvalue weighted by Gasteiger charge is 2.46. The minimum Gasteiger partial charge on any atom is -0.354 e. The summed E-state index contributed by atoms with van der Waals surface area (Å²) >= 11 is 4.75. The van der Waals surface area contributed by atoms with Gasteiger partial charge in [0.25, 0.3) is 0 Å². The van der Waals surface area contributed by atoms with Gasteiger partial charge in [0.1, 0.15) is 0 Å². The standard InChI is InChI=1S/C12H15BrN2O3S2/c1-7-10(5-11(13)19-7)20(17,18)15-4-2-3-8-9(15)6-14-12(8)16/h5,8-9H,2-4,6H2,1H3,(H,14,16). The van der Waals surface area contributed by atoms with Crippen molar-refractivity contribution in [2.45, 2.75) is 30.7 Å². The molecule has 0 aliphatic carbocycles. The van der Waals surface area contributed by atoms with Gasteiger partial charge in [-0.05, 0) is 41.8 Å². The fraction of sp³-hybridized carbons (Fsp3) is 0.583. The van der Waals surface area contributed by atoms with Crippen molar-refractivity contribution in [3.05, 3.63) is 14.7 Å². The molecular formula is C12H15BrN2O3S2. The lowest BCUT2D eigenvalue weighted by molar-refractivity contribution is -0.123. The maximum Gasteiger partial charge on any atom is 0.244 e. The number of carbonyl (C=O) groups is 1. The van der Waals surface area contributed by atoms with E-state index in [1.165, 1.54) is 15.6 Å². The molecule has 0 aromatic carbocycles. The zero-order valence-corrected chi connectivity index (χ0v) is 14.1. The maximum absolute atomic E-state index is 12.8. The molecule has 1 aromatic rings. The van der Waals surface area contributed by atoms with E-state index in [1.807, 2.05) is 6.92 Å².